The highest BCUT2D eigenvalue weighted by atomic mass is 16.5. The molecule has 2 heterocycles. The molecule has 1 aromatic rings. The maximum absolute atomic E-state index is 12.8. The second-order valence-corrected chi connectivity index (χ2v) is 6.98. The molecule has 0 aromatic carbocycles. The molecular formula is C18H30N4O3. The van der Waals surface area contributed by atoms with Gasteiger partial charge in [-0.25, -0.2) is 4.79 Å². The summed E-state index contributed by atoms with van der Waals surface area (Å²) in [5.74, 6) is 2.01. The second kappa shape index (κ2) is 8.65. The summed E-state index contributed by atoms with van der Waals surface area (Å²) in [6.45, 7) is 7.67. The summed E-state index contributed by atoms with van der Waals surface area (Å²) in [5.41, 5.74) is 0. The number of amides is 2. The van der Waals surface area contributed by atoms with Crippen molar-refractivity contribution in [2.45, 2.75) is 58.4 Å². The molecule has 1 unspecified atom stereocenters. The first-order valence-corrected chi connectivity index (χ1v) is 9.68. The molecule has 1 saturated heterocycles. The quantitative estimate of drug-likeness (QED) is 0.674. The summed E-state index contributed by atoms with van der Waals surface area (Å²) in [6, 6.07) is -0.0299. The monoisotopic (exact) mass is 350 g/mol. The molecule has 7 nitrogen and oxygen atoms in total. The van der Waals surface area contributed by atoms with Crippen LogP contribution in [0.15, 0.2) is 4.52 Å². The first-order chi connectivity index (χ1) is 12.2. The molecule has 1 aromatic heterocycles. The molecule has 0 bridgehead atoms. The first kappa shape index (κ1) is 18.2. The topological polar surface area (TPSA) is 71.7 Å². The van der Waals surface area contributed by atoms with E-state index < -0.39 is 0 Å². The van der Waals surface area contributed by atoms with Crippen LogP contribution in [0.2, 0.25) is 0 Å². The molecule has 1 aliphatic carbocycles. The SMILES string of the molecule is CCN(CC)C(=O)N1CCCCC1c1nc(CCOCC2CC2)no1. The summed E-state index contributed by atoms with van der Waals surface area (Å²) in [7, 11) is 0. The Balaban J connectivity index is 1.58. The lowest BCUT2D eigenvalue weighted by Gasteiger charge is -2.36. The lowest BCUT2D eigenvalue weighted by Crippen LogP contribution is -2.46. The Morgan fingerprint density at radius 3 is 2.80 bits per heavy atom. The van der Waals surface area contributed by atoms with Crippen LogP contribution in [-0.4, -0.2) is 58.8 Å². The van der Waals surface area contributed by atoms with Crippen molar-refractivity contribution < 1.29 is 14.1 Å². The lowest BCUT2D eigenvalue weighted by molar-refractivity contribution is 0.104. The van der Waals surface area contributed by atoms with Crippen LogP contribution < -0.4 is 0 Å². The number of aromatic nitrogens is 2. The number of hydrogen-bond donors (Lipinski definition) is 0. The van der Waals surface area contributed by atoms with E-state index in [2.05, 4.69) is 10.1 Å². The van der Waals surface area contributed by atoms with Gasteiger partial charge >= 0.3 is 6.03 Å². The normalized spacial score (nSPS) is 20.7. The zero-order valence-electron chi connectivity index (χ0n) is 15.4. The maximum atomic E-state index is 12.8. The maximum Gasteiger partial charge on any atom is 0.320 e. The van der Waals surface area contributed by atoms with Gasteiger partial charge in [-0.2, -0.15) is 4.98 Å². The van der Waals surface area contributed by atoms with Crippen LogP contribution in [0.25, 0.3) is 0 Å². The number of rotatable bonds is 8. The third-order valence-corrected chi connectivity index (χ3v) is 5.07. The van der Waals surface area contributed by atoms with Crippen LogP contribution in [-0.2, 0) is 11.2 Å². The number of carbonyl (C=O) groups is 1. The van der Waals surface area contributed by atoms with Gasteiger partial charge in [0.05, 0.1) is 6.61 Å². The van der Waals surface area contributed by atoms with Crippen LogP contribution in [0.3, 0.4) is 0 Å². The van der Waals surface area contributed by atoms with E-state index in [-0.39, 0.29) is 12.1 Å². The van der Waals surface area contributed by atoms with E-state index >= 15 is 0 Å². The Hall–Kier alpha value is -1.63. The fourth-order valence-corrected chi connectivity index (χ4v) is 3.30. The molecular weight excluding hydrogens is 320 g/mol. The standard InChI is InChI=1S/C18H30N4O3/c1-3-21(4-2)18(23)22-11-6-5-7-15(22)17-19-16(20-25-17)10-12-24-13-14-8-9-14/h14-15H,3-13H2,1-2H3. The van der Waals surface area contributed by atoms with Crippen LogP contribution in [0.5, 0.6) is 0 Å². The second-order valence-electron chi connectivity index (χ2n) is 6.98. The largest absolute Gasteiger partial charge is 0.381 e. The van der Waals surface area contributed by atoms with Gasteiger partial charge in [0.25, 0.3) is 0 Å². The van der Waals surface area contributed by atoms with Crippen molar-refractivity contribution >= 4 is 6.03 Å². The van der Waals surface area contributed by atoms with E-state index in [4.69, 9.17) is 9.26 Å². The molecule has 0 radical (unpaired) electrons. The van der Waals surface area contributed by atoms with Gasteiger partial charge in [0.15, 0.2) is 5.82 Å². The number of hydrogen-bond acceptors (Lipinski definition) is 5. The Bertz CT molecular complexity index is 554. The third-order valence-electron chi connectivity index (χ3n) is 5.07. The molecule has 1 aliphatic heterocycles. The highest BCUT2D eigenvalue weighted by Gasteiger charge is 2.33. The van der Waals surface area contributed by atoms with Gasteiger partial charge in [0, 0.05) is 32.7 Å². The van der Waals surface area contributed by atoms with Crippen molar-refractivity contribution in [2.75, 3.05) is 32.8 Å². The van der Waals surface area contributed by atoms with E-state index in [1.54, 1.807) is 0 Å². The van der Waals surface area contributed by atoms with Crippen molar-refractivity contribution in [1.82, 2.24) is 19.9 Å². The minimum atomic E-state index is -0.101. The van der Waals surface area contributed by atoms with Crippen molar-refractivity contribution in [3.63, 3.8) is 0 Å². The molecule has 2 amide bonds. The van der Waals surface area contributed by atoms with Gasteiger partial charge in [-0.15, -0.1) is 0 Å². The van der Waals surface area contributed by atoms with Crippen molar-refractivity contribution in [3.8, 4) is 0 Å². The molecule has 140 valence electrons. The van der Waals surface area contributed by atoms with Crippen LogP contribution in [0.4, 0.5) is 4.79 Å². The number of piperidine rings is 1. The predicted molar refractivity (Wildman–Crippen MR) is 93.2 cm³/mol. The van der Waals surface area contributed by atoms with E-state index in [0.717, 1.165) is 38.3 Å². The highest BCUT2D eigenvalue weighted by Crippen LogP contribution is 2.31. The van der Waals surface area contributed by atoms with Gasteiger partial charge in [0.2, 0.25) is 5.89 Å². The molecule has 1 saturated carbocycles. The summed E-state index contributed by atoms with van der Waals surface area (Å²) in [5, 5.41) is 4.08. The fraction of sp³-hybridized carbons (Fsp3) is 0.833. The Labute approximate surface area is 149 Å². The minimum Gasteiger partial charge on any atom is -0.381 e. The Kier molecular flexibility index (Phi) is 6.29. The van der Waals surface area contributed by atoms with Crippen LogP contribution in [0, 0.1) is 5.92 Å². The predicted octanol–water partition coefficient (Wildman–Crippen LogP) is 3.03. The van der Waals surface area contributed by atoms with Gasteiger partial charge in [-0.3, -0.25) is 0 Å². The van der Waals surface area contributed by atoms with Gasteiger partial charge < -0.3 is 19.1 Å². The van der Waals surface area contributed by atoms with Crippen molar-refractivity contribution in [3.05, 3.63) is 11.7 Å². The van der Waals surface area contributed by atoms with E-state index in [0.29, 0.717) is 37.8 Å². The number of urea groups is 1. The lowest BCUT2D eigenvalue weighted by atomic mass is 10.0. The molecule has 0 spiro atoms. The van der Waals surface area contributed by atoms with E-state index in [1.807, 2.05) is 23.6 Å². The zero-order valence-corrected chi connectivity index (χ0v) is 15.4. The smallest absolute Gasteiger partial charge is 0.320 e. The Morgan fingerprint density at radius 1 is 1.28 bits per heavy atom. The molecule has 7 heteroatoms. The number of carbonyl (C=O) groups excluding carboxylic acids is 1. The number of likely N-dealkylation sites (tertiary alicyclic amines) is 1. The molecule has 2 aliphatic rings. The summed E-state index contributed by atoms with van der Waals surface area (Å²) in [6.07, 6.45) is 6.24. The van der Waals surface area contributed by atoms with Crippen molar-refractivity contribution in [1.29, 1.82) is 0 Å². The van der Waals surface area contributed by atoms with E-state index in [9.17, 15) is 4.79 Å². The average molecular weight is 350 g/mol. The number of nitrogens with zero attached hydrogens (tertiary/aromatic N) is 4. The van der Waals surface area contributed by atoms with Crippen LogP contribution in [0.1, 0.15) is 63.7 Å². The fourth-order valence-electron chi connectivity index (χ4n) is 3.30. The van der Waals surface area contributed by atoms with Crippen LogP contribution >= 0.6 is 0 Å². The summed E-state index contributed by atoms with van der Waals surface area (Å²) >= 11 is 0. The molecule has 3 rings (SSSR count). The minimum absolute atomic E-state index is 0.0715. The van der Waals surface area contributed by atoms with Crippen molar-refractivity contribution in [2.24, 2.45) is 5.92 Å². The number of ether oxygens (including phenoxy) is 1. The highest BCUT2D eigenvalue weighted by molar-refractivity contribution is 5.75. The zero-order chi connectivity index (χ0) is 17.6. The summed E-state index contributed by atoms with van der Waals surface area (Å²) in [4.78, 5) is 21.1. The molecule has 1 atom stereocenters. The van der Waals surface area contributed by atoms with E-state index in [1.165, 1.54) is 12.8 Å². The van der Waals surface area contributed by atoms with Gasteiger partial charge in [-0.1, -0.05) is 5.16 Å². The average Bonchev–Trinajstić information content (AvgIpc) is 3.35. The Morgan fingerprint density at radius 2 is 2.08 bits per heavy atom. The molecule has 2 fully saturated rings. The molecule has 0 N–H and O–H groups in total. The summed E-state index contributed by atoms with van der Waals surface area (Å²) < 4.78 is 11.1. The first-order valence-electron chi connectivity index (χ1n) is 9.68. The van der Waals surface area contributed by atoms with Gasteiger partial charge in [-0.05, 0) is 51.9 Å². The van der Waals surface area contributed by atoms with Gasteiger partial charge in [0.1, 0.15) is 6.04 Å². The third kappa shape index (κ3) is 4.71. The molecule has 25 heavy (non-hydrogen) atoms.